The number of rotatable bonds is 2. The van der Waals surface area contributed by atoms with Gasteiger partial charge < -0.3 is 4.57 Å². The van der Waals surface area contributed by atoms with E-state index in [9.17, 15) is 4.39 Å². The average Bonchev–Trinajstić information content (AvgIpc) is 3.31. The van der Waals surface area contributed by atoms with Gasteiger partial charge in [0.1, 0.15) is 22.7 Å². The van der Waals surface area contributed by atoms with Gasteiger partial charge in [-0.05, 0) is 24.3 Å². The Morgan fingerprint density at radius 3 is 2.74 bits per heavy atom. The largest absolute Gasteiger partial charge is 0.327 e. The average molecular weight is 379 g/mol. The van der Waals surface area contributed by atoms with Gasteiger partial charge in [-0.2, -0.15) is 5.10 Å². The third-order valence-electron chi connectivity index (χ3n) is 4.54. The molecule has 2 aromatic carbocycles. The van der Waals surface area contributed by atoms with Crippen LogP contribution in [-0.2, 0) is 7.05 Å². The van der Waals surface area contributed by atoms with E-state index in [1.165, 1.54) is 6.07 Å². The lowest BCUT2D eigenvalue weighted by atomic mass is 10.2. The number of aryl methyl sites for hydroxylation is 1. The smallest absolute Gasteiger partial charge is 0.145 e. The molecule has 5 rings (SSSR count). The first-order valence-corrected chi connectivity index (χ1v) is 8.57. The first-order valence-electron chi connectivity index (χ1n) is 8.19. The summed E-state index contributed by atoms with van der Waals surface area (Å²) in [6, 6.07) is 8.36. The fourth-order valence-corrected chi connectivity index (χ4v) is 3.44. The Morgan fingerprint density at radius 1 is 1.07 bits per heavy atom. The summed E-state index contributed by atoms with van der Waals surface area (Å²) in [5, 5.41) is 7.02. The summed E-state index contributed by atoms with van der Waals surface area (Å²) in [4.78, 5) is 13.9. The molecule has 0 radical (unpaired) electrons. The fourth-order valence-electron chi connectivity index (χ4n) is 3.19. The minimum atomic E-state index is -0.421. The first-order chi connectivity index (χ1) is 13.1. The molecule has 3 aromatic heterocycles. The predicted molar refractivity (Wildman–Crippen MR) is 102 cm³/mol. The molecular weight excluding hydrogens is 367 g/mol. The molecule has 0 aliphatic carbocycles. The highest BCUT2D eigenvalue weighted by molar-refractivity contribution is 6.33. The van der Waals surface area contributed by atoms with Crippen LogP contribution in [0.1, 0.15) is 0 Å². The van der Waals surface area contributed by atoms with E-state index in [1.54, 1.807) is 30.7 Å². The van der Waals surface area contributed by atoms with Crippen molar-refractivity contribution in [1.29, 1.82) is 0 Å². The van der Waals surface area contributed by atoms with Crippen LogP contribution in [0.2, 0.25) is 5.02 Å². The van der Waals surface area contributed by atoms with Crippen LogP contribution in [0.15, 0.2) is 48.9 Å². The number of aromatic amines is 1. The van der Waals surface area contributed by atoms with Gasteiger partial charge in [0, 0.05) is 18.8 Å². The molecule has 132 valence electrons. The Hall–Kier alpha value is -3.32. The third kappa shape index (κ3) is 2.39. The summed E-state index contributed by atoms with van der Waals surface area (Å²) in [6.07, 6.45) is 5.12. The molecule has 5 aromatic rings. The topological polar surface area (TPSA) is 72.3 Å². The minimum Gasteiger partial charge on any atom is -0.327 e. The Bertz CT molecular complexity index is 1290. The van der Waals surface area contributed by atoms with E-state index >= 15 is 0 Å². The summed E-state index contributed by atoms with van der Waals surface area (Å²) in [5.41, 5.74) is 4.58. The lowest BCUT2D eigenvalue weighted by Crippen LogP contribution is -1.95. The van der Waals surface area contributed by atoms with Crippen molar-refractivity contribution >= 4 is 33.7 Å². The van der Waals surface area contributed by atoms with E-state index in [4.69, 9.17) is 16.6 Å². The van der Waals surface area contributed by atoms with Gasteiger partial charge in [-0.1, -0.05) is 17.7 Å². The normalized spacial score (nSPS) is 11.5. The van der Waals surface area contributed by atoms with Gasteiger partial charge in [-0.25, -0.2) is 14.4 Å². The molecule has 0 amide bonds. The zero-order valence-electron chi connectivity index (χ0n) is 14.1. The van der Waals surface area contributed by atoms with E-state index in [0.717, 1.165) is 11.1 Å². The SMILES string of the molecule is Cn1c(-c2c(F)cccc2Cl)nc2c3nc(-c4cn[nH]c4)cnc3ccc21. The highest BCUT2D eigenvalue weighted by Gasteiger charge is 2.19. The van der Waals surface area contributed by atoms with Gasteiger partial charge >= 0.3 is 0 Å². The van der Waals surface area contributed by atoms with E-state index in [-0.39, 0.29) is 5.56 Å². The highest BCUT2D eigenvalue weighted by Crippen LogP contribution is 2.33. The Kier molecular flexibility index (Phi) is 3.45. The molecule has 27 heavy (non-hydrogen) atoms. The van der Waals surface area contributed by atoms with E-state index < -0.39 is 5.82 Å². The summed E-state index contributed by atoms with van der Waals surface area (Å²) >= 11 is 6.24. The number of halogens is 2. The van der Waals surface area contributed by atoms with Crippen molar-refractivity contribution in [3.63, 3.8) is 0 Å². The molecule has 0 saturated heterocycles. The molecule has 1 N–H and O–H groups in total. The van der Waals surface area contributed by atoms with Crippen LogP contribution in [0, 0.1) is 5.82 Å². The zero-order chi connectivity index (χ0) is 18.5. The predicted octanol–water partition coefficient (Wildman–Crippen LogP) is 4.37. The lowest BCUT2D eigenvalue weighted by molar-refractivity contribution is 0.629. The summed E-state index contributed by atoms with van der Waals surface area (Å²) < 4.78 is 16.2. The molecule has 0 saturated carbocycles. The first kappa shape index (κ1) is 15.9. The Balaban J connectivity index is 1.82. The Morgan fingerprint density at radius 2 is 1.96 bits per heavy atom. The molecule has 0 aliphatic heterocycles. The van der Waals surface area contributed by atoms with Gasteiger partial charge in [0.25, 0.3) is 0 Å². The quantitative estimate of drug-likeness (QED) is 0.495. The fraction of sp³-hybridized carbons (Fsp3) is 0.0526. The number of hydrogen-bond acceptors (Lipinski definition) is 4. The monoisotopic (exact) mass is 378 g/mol. The molecule has 8 heteroatoms. The number of hydrogen-bond donors (Lipinski definition) is 1. The van der Waals surface area contributed by atoms with Crippen LogP contribution in [-0.4, -0.2) is 29.7 Å². The van der Waals surface area contributed by atoms with Crippen molar-refractivity contribution in [2.75, 3.05) is 0 Å². The van der Waals surface area contributed by atoms with Gasteiger partial charge in [0.15, 0.2) is 0 Å². The summed E-state index contributed by atoms with van der Waals surface area (Å²) in [5.74, 6) is 0.0199. The van der Waals surface area contributed by atoms with Crippen LogP contribution < -0.4 is 0 Å². The molecule has 0 fully saturated rings. The van der Waals surface area contributed by atoms with Gasteiger partial charge in [-0.15, -0.1) is 0 Å². The van der Waals surface area contributed by atoms with Crippen LogP contribution in [0.25, 0.3) is 44.7 Å². The van der Waals surface area contributed by atoms with Gasteiger partial charge in [0.2, 0.25) is 0 Å². The molecule has 3 heterocycles. The van der Waals surface area contributed by atoms with Crippen LogP contribution >= 0.6 is 11.6 Å². The second kappa shape index (κ2) is 5.85. The maximum Gasteiger partial charge on any atom is 0.145 e. The van der Waals surface area contributed by atoms with Crippen LogP contribution in [0.3, 0.4) is 0 Å². The zero-order valence-corrected chi connectivity index (χ0v) is 14.9. The number of imidazole rings is 1. The highest BCUT2D eigenvalue weighted by atomic mass is 35.5. The lowest BCUT2D eigenvalue weighted by Gasteiger charge is -2.06. The van der Waals surface area contributed by atoms with E-state index in [2.05, 4.69) is 20.2 Å². The molecule has 0 atom stereocenters. The van der Waals surface area contributed by atoms with Crippen LogP contribution in [0.5, 0.6) is 0 Å². The van der Waals surface area contributed by atoms with Gasteiger partial charge in [-0.3, -0.25) is 10.1 Å². The van der Waals surface area contributed by atoms with Crippen LogP contribution in [0.4, 0.5) is 4.39 Å². The summed E-state index contributed by atoms with van der Waals surface area (Å²) in [7, 11) is 1.83. The van der Waals surface area contributed by atoms with Crippen molar-refractivity contribution in [2.24, 2.45) is 7.05 Å². The second-order valence-corrected chi connectivity index (χ2v) is 6.54. The van der Waals surface area contributed by atoms with Gasteiger partial charge in [0.05, 0.1) is 39.7 Å². The van der Waals surface area contributed by atoms with Crippen molar-refractivity contribution < 1.29 is 4.39 Å². The molecule has 0 aliphatic rings. The Labute approximate surface area is 157 Å². The second-order valence-electron chi connectivity index (χ2n) is 6.13. The maximum atomic E-state index is 14.4. The number of aromatic nitrogens is 6. The summed E-state index contributed by atoms with van der Waals surface area (Å²) in [6.45, 7) is 0. The van der Waals surface area contributed by atoms with E-state index in [1.807, 2.05) is 23.7 Å². The molecule has 0 spiro atoms. The standard InChI is InChI=1S/C19H12ClFN6/c1-27-15-6-5-13-17(25-14(9-22-13)10-7-23-24-8-10)18(15)26-19(27)16-11(20)3-2-4-12(16)21/h2-9H,1H3,(H,23,24). The van der Waals surface area contributed by atoms with Crippen molar-refractivity contribution in [3.8, 4) is 22.6 Å². The van der Waals surface area contributed by atoms with Crippen molar-refractivity contribution in [1.82, 2.24) is 29.7 Å². The number of nitrogens with one attached hydrogen (secondary N) is 1. The number of benzene rings is 2. The minimum absolute atomic E-state index is 0.268. The maximum absolute atomic E-state index is 14.4. The van der Waals surface area contributed by atoms with Crippen molar-refractivity contribution in [3.05, 3.63) is 59.8 Å². The molecule has 6 nitrogen and oxygen atoms in total. The van der Waals surface area contributed by atoms with E-state index in [0.29, 0.717) is 33.1 Å². The molecule has 0 unspecified atom stereocenters. The number of nitrogens with zero attached hydrogens (tertiary/aromatic N) is 5. The third-order valence-corrected chi connectivity index (χ3v) is 4.86. The number of fused-ring (bicyclic) bond motifs is 3. The number of H-pyrrole nitrogens is 1. The van der Waals surface area contributed by atoms with Crippen molar-refractivity contribution in [2.45, 2.75) is 0 Å². The molecular formula is C19H12ClFN6. The molecule has 0 bridgehead atoms.